The average Bonchev–Trinajstić information content (AvgIpc) is 2.65. The molecule has 0 saturated heterocycles. The number of ether oxygens (including phenoxy) is 1. The number of benzene rings is 2. The number of carbonyl (C=O) groups excluding carboxylic acids is 1. The van der Waals surface area contributed by atoms with Crippen molar-refractivity contribution in [3.8, 4) is 11.5 Å². The standard InChI is InChI=1S/C20H17NO7/c1-11-5-7-12(8-6-11)10-27-13-3-2-4-14-16(13)18(24)17(20(26)28-14)19(25)21-9-15(22)23/h2-8,24H,9-10H2,1H3,(H,21,25)(H,22,23). The molecule has 0 aliphatic carbocycles. The fourth-order valence-corrected chi connectivity index (χ4v) is 2.61. The third-order valence-electron chi connectivity index (χ3n) is 4.01. The summed E-state index contributed by atoms with van der Waals surface area (Å²) in [6.45, 7) is 1.45. The minimum atomic E-state index is -1.29. The lowest BCUT2D eigenvalue weighted by Crippen LogP contribution is -2.32. The van der Waals surface area contributed by atoms with Crippen LogP contribution in [0, 0.1) is 6.92 Å². The first-order valence-electron chi connectivity index (χ1n) is 8.34. The highest BCUT2D eigenvalue weighted by atomic mass is 16.5. The number of carboxylic acids is 1. The molecule has 0 fully saturated rings. The number of amides is 1. The molecule has 1 aromatic heterocycles. The minimum Gasteiger partial charge on any atom is -0.506 e. The molecule has 1 amide bonds. The smallest absolute Gasteiger partial charge is 0.353 e. The molecule has 0 bridgehead atoms. The third kappa shape index (κ3) is 3.96. The second-order valence-electron chi connectivity index (χ2n) is 6.09. The Hall–Kier alpha value is -3.81. The number of fused-ring (bicyclic) bond motifs is 1. The van der Waals surface area contributed by atoms with Crippen LogP contribution in [-0.2, 0) is 11.4 Å². The van der Waals surface area contributed by atoms with Crippen molar-refractivity contribution in [1.82, 2.24) is 5.32 Å². The maximum atomic E-state index is 12.1. The van der Waals surface area contributed by atoms with Crippen molar-refractivity contribution in [2.75, 3.05) is 6.54 Å². The van der Waals surface area contributed by atoms with E-state index in [1.165, 1.54) is 6.07 Å². The normalized spacial score (nSPS) is 10.6. The maximum absolute atomic E-state index is 12.1. The molecule has 0 aliphatic heterocycles. The summed E-state index contributed by atoms with van der Waals surface area (Å²) in [5.41, 5.74) is 0.270. The van der Waals surface area contributed by atoms with Crippen molar-refractivity contribution in [3.05, 3.63) is 69.6 Å². The summed E-state index contributed by atoms with van der Waals surface area (Å²) in [7, 11) is 0. The van der Waals surface area contributed by atoms with Gasteiger partial charge in [0.05, 0.1) is 0 Å². The number of carbonyl (C=O) groups is 2. The van der Waals surface area contributed by atoms with Crippen LogP contribution in [0.4, 0.5) is 0 Å². The van der Waals surface area contributed by atoms with Gasteiger partial charge in [-0.15, -0.1) is 0 Å². The van der Waals surface area contributed by atoms with E-state index in [1.807, 2.05) is 36.5 Å². The van der Waals surface area contributed by atoms with E-state index in [0.717, 1.165) is 11.1 Å². The van der Waals surface area contributed by atoms with Gasteiger partial charge < -0.3 is 24.7 Å². The number of aliphatic carboxylic acids is 1. The molecule has 0 unspecified atom stereocenters. The number of nitrogens with one attached hydrogen (secondary N) is 1. The molecule has 3 rings (SSSR count). The van der Waals surface area contributed by atoms with Gasteiger partial charge >= 0.3 is 11.6 Å². The highest BCUT2D eigenvalue weighted by molar-refractivity contribution is 6.03. The van der Waals surface area contributed by atoms with Crippen molar-refractivity contribution in [1.29, 1.82) is 0 Å². The maximum Gasteiger partial charge on any atom is 0.353 e. The van der Waals surface area contributed by atoms with E-state index in [4.69, 9.17) is 14.3 Å². The van der Waals surface area contributed by atoms with Gasteiger partial charge in [-0.1, -0.05) is 35.9 Å². The van der Waals surface area contributed by atoms with Gasteiger partial charge in [-0.05, 0) is 24.6 Å². The van der Waals surface area contributed by atoms with Gasteiger partial charge in [-0.3, -0.25) is 9.59 Å². The molecule has 0 saturated carbocycles. The lowest BCUT2D eigenvalue weighted by molar-refractivity contribution is -0.135. The van der Waals surface area contributed by atoms with Gasteiger partial charge in [0.15, 0.2) is 11.3 Å². The lowest BCUT2D eigenvalue weighted by atomic mass is 10.1. The van der Waals surface area contributed by atoms with Crippen molar-refractivity contribution < 1.29 is 29.0 Å². The highest BCUT2D eigenvalue weighted by Gasteiger charge is 2.23. The molecule has 8 nitrogen and oxygen atoms in total. The molecule has 28 heavy (non-hydrogen) atoms. The second kappa shape index (κ2) is 7.83. The Balaban J connectivity index is 1.98. The van der Waals surface area contributed by atoms with Crippen LogP contribution >= 0.6 is 0 Å². The van der Waals surface area contributed by atoms with E-state index in [-0.39, 0.29) is 23.3 Å². The number of carboxylic acid groups (broad SMARTS) is 1. The number of rotatable bonds is 6. The topological polar surface area (TPSA) is 126 Å². The van der Waals surface area contributed by atoms with Gasteiger partial charge in [0, 0.05) is 0 Å². The Kier molecular flexibility index (Phi) is 5.30. The Bertz CT molecular complexity index is 1100. The fraction of sp³-hybridized carbons (Fsp3) is 0.150. The summed E-state index contributed by atoms with van der Waals surface area (Å²) in [4.78, 5) is 34.8. The molecule has 3 N–H and O–H groups in total. The van der Waals surface area contributed by atoms with Gasteiger partial charge in [-0.25, -0.2) is 4.79 Å². The van der Waals surface area contributed by atoms with Crippen LogP contribution in [0.2, 0.25) is 0 Å². The first-order chi connectivity index (χ1) is 13.4. The molecule has 1 heterocycles. The average molecular weight is 383 g/mol. The number of hydrogen-bond acceptors (Lipinski definition) is 6. The van der Waals surface area contributed by atoms with Crippen LogP contribution in [0.25, 0.3) is 11.0 Å². The molecule has 8 heteroatoms. The van der Waals surface area contributed by atoms with Gasteiger partial charge in [-0.2, -0.15) is 0 Å². The zero-order chi connectivity index (χ0) is 20.3. The predicted molar refractivity (Wildman–Crippen MR) is 99.6 cm³/mol. The fourth-order valence-electron chi connectivity index (χ4n) is 2.61. The molecule has 144 valence electrons. The van der Waals surface area contributed by atoms with Crippen LogP contribution in [0.5, 0.6) is 11.5 Å². The first kappa shape index (κ1) is 19.0. The molecule has 0 aliphatic rings. The Morgan fingerprint density at radius 2 is 1.86 bits per heavy atom. The summed E-state index contributed by atoms with van der Waals surface area (Å²) in [5.74, 6) is -2.76. The molecule has 3 aromatic rings. The van der Waals surface area contributed by atoms with Crippen LogP contribution < -0.4 is 15.7 Å². The SMILES string of the molecule is Cc1ccc(COc2cccc3oc(=O)c(C(=O)NCC(=O)O)c(O)c23)cc1. The van der Waals surface area contributed by atoms with Gasteiger partial charge in [0.2, 0.25) is 0 Å². The monoisotopic (exact) mass is 383 g/mol. The highest BCUT2D eigenvalue weighted by Crippen LogP contribution is 2.34. The van der Waals surface area contributed by atoms with Crippen molar-refractivity contribution in [3.63, 3.8) is 0 Å². The molecule has 0 atom stereocenters. The predicted octanol–water partition coefficient (Wildman–Crippen LogP) is 2.20. The Morgan fingerprint density at radius 1 is 1.14 bits per heavy atom. The van der Waals surface area contributed by atoms with Crippen LogP contribution in [-0.4, -0.2) is 28.6 Å². The van der Waals surface area contributed by atoms with E-state index in [2.05, 4.69) is 0 Å². The quantitative estimate of drug-likeness (QED) is 0.557. The second-order valence-corrected chi connectivity index (χ2v) is 6.09. The summed E-state index contributed by atoms with van der Waals surface area (Å²) in [6, 6.07) is 12.3. The lowest BCUT2D eigenvalue weighted by Gasteiger charge is -2.12. The third-order valence-corrected chi connectivity index (χ3v) is 4.01. The van der Waals surface area contributed by atoms with E-state index < -0.39 is 35.4 Å². The molecular weight excluding hydrogens is 366 g/mol. The summed E-state index contributed by atoms with van der Waals surface area (Å²) in [5, 5.41) is 21.3. The van der Waals surface area contributed by atoms with E-state index in [9.17, 15) is 19.5 Å². The summed E-state index contributed by atoms with van der Waals surface area (Å²) < 4.78 is 10.9. The molecule has 0 radical (unpaired) electrons. The molecular formula is C20H17NO7. The number of hydrogen-bond donors (Lipinski definition) is 3. The van der Waals surface area contributed by atoms with Crippen LogP contribution in [0.3, 0.4) is 0 Å². The van der Waals surface area contributed by atoms with Crippen LogP contribution in [0.1, 0.15) is 21.5 Å². The molecule has 2 aromatic carbocycles. The first-order valence-corrected chi connectivity index (χ1v) is 8.34. The Labute approximate surface area is 159 Å². The zero-order valence-corrected chi connectivity index (χ0v) is 14.9. The van der Waals surface area contributed by atoms with E-state index >= 15 is 0 Å². The van der Waals surface area contributed by atoms with E-state index in [1.54, 1.807) is 12.1 Å². The van der Waals surface area contributed by atoms with Gasteiger partial charge in [0.25, 0.3) is 5.91 Å². The van der Waals surface area contributed by atoms with Crippen molar-refractivity contribution >= 4 is 22.8 Å². The van der Waals surface area contributed by atoms with Crippen molar-refractivity contribution in [2.24, 2.45) is 0 Å². The Morgan fingerprint density at radius 3 is 2.54 bits per heavy atom. The minimum absolute atomic E-state index is 0.0405. The largest absolute Gasteiger partial charge is 0.506 e. The number of aromatic hydroxyl groups is 1. The molecule has 0 spiro atoms. The van der Waals surface area contributed by atoms with Gasteiger partial charge in [0.1, 0.15) is 29.9 Å². The van der Waals surface area contributed by atoms with Crippen molar-refractivity contribution in [2.45, 2.75) is 13.5 Å². The zero-order valence-electron chi connectivity index (χ0n) is 14.9. The van der Waals surface area contributed by atoms with Crippen LogP contribution in [0.15, 0.2) is 51.7 Å². The number of aryl methyl sites for hydroxylation is 1. The summed E-state index contributed by atoms with van der Waals surface area (Å²) >= 11 is 0. The van der Waals surface area contributed by atoms with E-state index in [0.29, 0.717) is 0 Å². The summed E-state index contributed by atoms with van der Waals surface area (Å²) in [6.07, 6.45) is 0.